The Morgan fingerprint density at radius 3 is 2.31 bits per heavy atom. The predicted octanol–water partition coefficient (Wildman–Crippen LogP) is 1.59. The molecule has 0 spiro atoms. The lowest BCUT2D eigenvalue weighted by Crippen LogP contribution is -2.59. The number of rotatable bonds is 6. The zero-order valence-electron chi connectivity index (χ0n) is 17.6. The highest BCUT2D eigenvalue weighted by molar-refractivity contribution is 7.89. The predicted molar refractivity (Wildman–Crippen MR) is 112 cm³/mol. The van der Waals surface area contributed by atoms with Gasteiger partial charge in [0, 0.05) is 51.9 Å². The fourth-order valence-electron chi connectivity index (χ4n) is 4.38. The van der Waals surface area contributed by atoms with Gasteiger partial charge < -0.3 is 15.0 Å². The van der Waals surface area contributed by atoms with E-state index >= 15 is 0 Å². The molecule has 2 aliphatic heterocycles. The lowest BCUT2D eigenvalue weighted by molar-refractivity contribution is 0.0574. The number of amides is 2. The Kier molecular flexibility index (Phi) is 6.70. The second kappa shape index (κ2) is 8.89. The Morgan fingerprint density at radius 1 is 1.10 bits per heavy atom. The van der Waals surface area contributed by atoms with Gasteiger partial charge in [-0.05, 0) is 44.0 Å². The average molecular weight is 425 g/mol. The van der Waals surface area contributed by atoms with Gasteiger partial charge in [0.05, 0.1) is 11.5 Å². The maximum absolute atomic E-state index is 13.0. The minimum absolute atomic E-state index is 0.0444. The molecular formula is C20H32N4O4S. The number of likely N-dealkylation sites (tertiary alicyclic amines) is 1. The van der Waals surface area contributed by atoms with Gasteiger partial charge in [-0.1, -0.05) is 6.92 Å². The fraction of sp³-hybridized carbons (Fsp3) is 0.650. The summed E-state index contributed by atoms with van der Waals surface area (Å²) in [5.74, 6) is 0.670. The molecule has 1 unspecified atom stereocenters. The number of sulfonamides is 1. The highest BCUT2D eigenvalue weighted by Gasteiger charge is 2.44. The van der Waals surface area contributed by atoms with Crippen LogP contribution >= 0.6 is 0 Å². The number of hydrogen-bond donors (Lipinski definition) is 1. The van der Waals surface area contributed by atoms with Crippen molar-refractivity contribution in [2.45, 2.75) is 37.1 Å². The van der Waals surface area contributed by atoms with Gasteiger partial charge in [-0.3, -0.25) is 4.90 Å². The number of hydrogen-bond acceptors (Lipinski definition) is 5. The van der Waals surface area contributed by atoms with E-state index in [1.165, 1.54) is 0 Å². The molecule has 162 valence electrons. The standard InChI is InChI=1S/C20H32N4O4S/c1-4-20(10-11-22(16-20)19(25)21-3)23-12-14-24(15-13-23)29(26,27)18-8-6-17(7-9-18)28-5-2/h6-9H,4-5,10-16H2,1-3H3,(H,21,25). The van der Waals surface area contributed by atoms with Crippen molar-refractivity contribution >= 4 is 16.1 Å². The first-order chi connectivity index (χ1) is 13.9. The van der Waals surface area contributed by atoms with Crippen LogP contribution in [0.4, 0.5) is 4.79 Å². The number of nitrogens with zero attached hydrogens (tertiary/aromatic N) is 3. The molecule has 2 heterocycles. The van der Waals surface area contributed by atoms with E-state index in [1.807, 2.05) is 11.8 Å². The van der Waals surface area contributed by atoms with E-state index in [0.717, 1.165) is 19.4 Å². The van der Waals surface area contributed by atoms with Crippen molar-refractivity contribution < 1.29 is 17.9 Å². The maximum Gasteiger partial charge on any atom is 0.317 e. The van der Waals surface area contributed by atoms with Gasteiger partial charge >= 0.3 is 6.03 Å². The highest BCUT2D eigenvalue weighted by Crippen LogP contribution is 2.33. The number of carbonyl (C=O) groups excluding carboxylic acids is 1. The molecule has 2 amide bonds. The molecule has 2 aliphatic rings. The van der Waals surface area contributed by atoms with Crippen LogP contribution in [0, 0.1) is 0 Å². The summed E-state index contributed by atoms with van der Waals surface area (Å²) in [6.07, 6.45) is 1.86. The van der Waals surface area contributed by atoms with E-state index in [2.05, 4.69) is 17.1 Å². The van der Waals surface area contributed by atoms with E-state index in [0.29, 0.717) is 50.0 Å². The summed E-state index contributed by atoms with van der Waals surface area (Å²) in [5.41, 5.74) is -0.0680. The van der Waals surface area contributed by atoms with E-state index in [9.17, 15) is 13.2 Å². The summed E-state index contributed by atoms with van der Waals surface area (Å²) in [6, 6.07) is 6.57. The maximum atomic E-state index is 13.0. The molecule has 0 radical (unpaired) electrons. The third-order valence-electron chi connectivity index (χ3n) is 6.17. The van der Waals surface area contributed by atoms with Gasteiger partial charge in [0.1, 0.15) is 5.75 Å². The first-order valence-electron chi connectivity index (χ1n) is 10.3. The molecule has 2 saturated heterocycles. The van der Waals surface area contributed by atoms with Crippen molar-refractivity contribution in [1.29, 1.82) is 0 Å². The molecule has 1 N–H and O–H groups in total. The lowest BCUT2D eigenvalue weighted by atomic mass is 9.92. The molecule has 1 aromatic carbocycles. The van der Waals surface area contributed by atoms with E-state index in [1.54, 1.807) is 35.6 Å². The molecule has 1 aromatic rings. The number of piperazine rings is 1. The Balaban J connectivity index is 1.65. The van der Waals surface area contributed by atoms with Crippen LogP contribution < -0.4 is 10.1 Å². The van der Waals surface area contributed by atoms with Crippen molar-refractivity contribution in [2.24, 2.45) is 0 Å². The molecule has 0 aliphatic carbocycles. The molecule has 0 bridgehead atoms. The average Bonchev–Trinajstić information content (AvgIpc) is 3.20. The number of urea groups is 1. The summed E-state index contributed by atoms with van der Waals surface area (Å²) in [5, 5.41) is 2.70. The Bertz CT molecular complexity index is 806. The Morgan fingerprint density at radius 2 is 1.76 bits per heavy atom. The van der Waals surface area contributed by atoms with Gasteiger partial charge in [-0.25, -0.2) is 13.2 Å². The highest BCUT2D eigenvalue weighted by atomic mass is 32.2. The monoisotopic (exact) mass is 424 g/mol. The van der Waals surface area contributed by atoms with Crippen molar-refractivity contribution in [3.8, 4) is 5.75 Å². The summed E-state index contributed by atoms with van der Waals surface area (Å²) in [7, 11) is -1.87. The Labute approximate surface area is 173 Å². The largest absolute Gasteiger partial charge is 0.494 e. The summed E-state index contributed by atoms with van der Waals surface area (Å²) < 4.78 is 33.0. The van der Waals surface area contributed by atoms with Crippen molar-refractivity contribution in [3.63, 3.8) is 0 Å². The molecule has 0 saturated carbocycles. The van der Waals surface area contributed by atoms with Crippen LogP contribution in [0.2, 0.25) is 0 Å². The topological polar surface area (TPSA) is 82.2 Å². The number of ether oxygens (including phenoxy) is 1. The smallest absolute Gasteiger partial charge is 0.317 e. The molecule has 29 heavy (non-hydrogen) atoms. The number of carbonyl (C=O) groups is 1. The Hall–Kier alpha value is -1.84. The molecule has 1 atom stereocenters. The molecule has 9 heteroatoms. The number of benzene rings is 1. The lowest BCUT2D eigenvalue weighted by Gasteiger charge is -2.45. The third-order valence-corrected chi connectivity index (χ3v) is 8.09. The summed E-state index contributed by atoms with van der Waals surface area (Å²) >= 11 is 0. The van der Waals surface area contributed by atoms with Crippen LogP contribution in [-0.4, -0.2) is 87.0 Å². The van der Waals surface area contributed by atoms with Gasteiger partial charge in [-0.2, -0.15) is 4.31 Å². The van der Waals surface area contributed by atoms with Gasteiger partial charge in [0.2, 0.25) is 10.0 Å². The second-order valence-corrected chi connectivity index (χ2v) is 9.54. The summed E-state index contributed by atoms with van der Waals surface area (Å²) in [6.45, 7) is 8.27. The number of nitrogens with one attached hydrogen (secondary N) is 1. The van der Waals surface area contributed by atoms with Crippen LogP contribution in [0.15, 0.2) is 29.2 Å². The van der Waals surface area contributed by atoms with Crippen molar-refractivity contribution in [2.75, 3.05) is 52.9 Å². The van der Waals surface area contributed by atoms with Crippen molar-refractivity contribution in [1.82, 2.24) is 19.4 Å². The zero-order valence-corrected chi connectivity index (χ0v) is 18.4. The van der Waals surface area contributed by atoms with Crippen molar-refractivity contribution in [3.05, 3.63) is 24.3 Å². The normalized spacial score (nSPS) is 23.9. The second-order valence-electron chi connectivity index (χ2n) is 7.60. The van der Waals surface area contributed by atoms with Crippen LogP contribution in [0.1, 0.15) is 26.7 Å². The van der Waals surface area contributed by atoms with E-state index < -0.39 is 10.0 Å². The molecule has 0 aromatic heterocycles. The van der Waals surface area contributed by atoms with Crippen LogP contribution in [-0.2, 0) is 10.0 Å². The molecule has 2 fully saturated rings. The summed E-state index contributed by atoms with van der Waals surface area (Å²) in [4.78, 5) is 16.5. The van der Waals surface area contributed by atoms with Gasteiger partial charge in [0.25, 0.3) is 0 Å². The molecular weight excluding hydrogens is 392 g/mol. The SMILES string of the molecule is CCOc1ccc(S(=O)(=O)N2CCN(C3(CC)CCN(C(=O)NC)C3)CC2)cc1. The quantitative estimate of drug-likeness (QED) is 0.750. The first-order valence-corrected chi connectivity index (χ1v) is 11.7. The minimum atomic E-state index is -3.52. The molecule has 8 nitrogen and oxygen atoms in total. The molecule has 3 rings (SSSR count). The van der Waals surface area contributed by atoms with Gasteiger partial charge in [-0.15, -0.1) is 0 Å². The first kappa shape index (κ1) is 21.9. The van der Waals surface area contributed by atoms with E-state index in [-0.39, 0.29) is 11.6 Å². The minimum Gasteiger partial charge on any atom is -0.494 e. The van der Waals surface area contributed by atoms with Crippen LogP contribution in [0.3, 0.4) is 0 Å². The van der Waals surface area contributed by atoms with E-state index in [4.69, 9.17) is 4.74 Å². The van der Waals surface area contributed by atoms with Gasteiger partial charge in [0.15, 0.2) is 0 Å². The third kappa shape index (κ3) is 4.36. The van der Waals surface area contributed by atoms with Crippen LogP contribution in [0.25, 0.3) is 0 Å². The van der Waals surface area contributed by atoms with Crippen LogP contribution in [0.5, 0.6) is 5.75 Å². The zero-order chi connectivity index (χ0) is 21.1. The fourth-order valence-corrected chi connectivity index (χ4v) is 5.81.